The Morgan fingerprint density at radius 3 is 2.72 bits per heavy atom. The van der Waals surface area contributed by atoms with Gasteiger partial charge < -0.3 is 4.98 Å². The third-order valence-corrected chi connectivity index (χ3v) is 6.37. The molecule has 2 aliphatic rings. The molecule has 3 aromatic rings. The Bertz CT molecular complexity index is 1020. The van der Waals surface area contributed by atoms with Gasteiger partial charge in [-0.2, -0.15) is 5.10 Å². The van der Waals surface area contributed by atoms with Crippen molar-refractivity contribution in [1.29, 1.82) is 0 Å². The molecule has 5 rings (SSSR count). The number of hydrogen-bond donors (Lipinski definition) is 1. The second kappa shape index (κ2) is 7.59. The van der Waals surface area contributed by atoms with E-state index in [9.17, 15) is 4.79 Å². The Morgan fingerprint density at radius 1 is 1.10 bits per heavy atom. The average molecular weight is 390 g/mol. The summed E-state index contributed by atoms with van der Waals surface area (Å²) in [6.45, 7) is 2.95. The van der Waals surface area contributed by atoms with Gasteiger partial charge in [0.1, 0.15) is 5.82 Å². The fraction of sp³-hybridized carbons (Fsp3) is 0.435. The smallest absolute Gasteiger partial charge is 0.251 e. The minimum Gasteiger partial charge on any atom is -0.307 e. The molecule has 0 radical (unpaired) electrons. The molecule has 6 nitrogen and oxygen atoms in total. The summed E-state index contributed by atoms with van der Waals surface area (Å²) in [6, 6.07) is 12.0. The zero-order chi connectivity index (χ0) is 19.7. The lowest BCUT2D eigenvalue weighted by Crippen LogP contribution is -2.40. The van der Waals surface area contributed by atoms with Crippen LogP contribution in [0.2, 0.25) is 0 Å². The summed E-state index contributed by atoms with van der Waals surface area (Å²) in [7, 11) is 0. The van der Waals surface area contributed by atoms with Crippen molar-refractivity contribution in [3.05, 3.63) is 70.4 Å². The molecule has 150 valence electrons. The third-order valence-electron chi connectivity index (χ3n) is 6.37. The first-order valence-corrected chi connectivity index (χ1v) is 10.6. The first-order chi connectivity index (χ1) is 14.2. The number of aromatic nitrogens is 4. The maximum atomic E-state index is 12.1. The lowest BCUT2D eigenvalue weighted by Gasteiger charge is -2.36. The molecule has 2 fully saturated rings. The molecule has 1 aliphatic heterocycles. The highest BCUT2D eigenvalue weighted by Crippen LogP contribution is 2.48. The summed E-state index contributed by atoms with van der Waals surface area (Å²) in [5.41, 5.74) is 3.46. The molecule has 0 unspecified atom stereocenters. The van der Waals surface area contributed by atoms with Gasteiger partial charge >= 0.3 is 0 Å². The van der Waals surface area contributed by atoms with Gasteiger partial charge in [0.05, 0.1) is 5.69 Å². The van der Waals surface area contributed by atoms with Gasteiger partial charge in [-0.15, -0.1) is 0 Å². The van der Waals surface area contributed by atoms with E-state index in [1.54, 1.807) is 12.3 Å². The molecule has 1 saturated carbocycles. The van der Waals surface area contributed by atoms with Crippen LogP contribution in [0.1, 0.15) is 43.4 Å². The molecule has 29 heavy (non-hydrogen) atoms. The largest absolute Gasteiger partial charge is 0.307 e. The molecule has 3 heterocycles. The van der Waals surface area contributed by atoms with E-state index in [0.717, 1.165) is 17.8 Å². The second-order valence-corrected chi connectivity index (χ2v) is 8.40. The van der Waals surface area contributed by atoms with Crippen LogP contribution < -0.4 is 5.56 Å². The lowest BCUT2D eigenvalue weighted by atomic mass is 9.99. The third kappa shape index (κ3) is 4.03. The molecule has 0 amide bonds. The molecular weight excluding hydrogens is 362 g/mol. The van der Waals surface area contributed by atoms with Gasteiger partial charge in [-0.3, -0.25) is 14.4 Å². The first kappa shape index (κ1) is 18.3. The van der Waals surface area contributed by atoms with Crippen LogP contribution in [0.15, 0.2) is 53.6 Å². The van der Waals surface area contributed by atoms with Crippen molar-refractivity contribution in [1.82, 2.24) is 24.6 Å². The van der Waals surface area contributed by atoms with Gasteiger partial charge in [-0.25, -0.2) is 4.98 Å². The Balaban J connectivity index is 1.30. The van der Waals surface area contributed by atoms with E-state index in [4.69, 9.17) is 0 Å². The summed E-state index contributed by atoms with van der Waals surface area (Å²) >= 11 is 0. The van der Waals surface area contributed by atoms with Gasteiger partial charge in [-0.1, -0.05) is 30.7 Å². The Hall–Kier alpha value is -2.73. The van der Waals surface area contributed by atoms with Crippen LogP contribution in [-0.4, -0.2) is 36.7 Å². The van der Waals surface area contributed by atoms with E-state index in [2.05, 4.69) is 44.2 Å². The van der Waals surface area contributed by atoms with Crippen LogP contribution in [0, 0.1) is 0 Å². The number of piperidine rings is 1. The highest BCUT2D eigenvalue weighted by Gasteiger charge is 2.48. The second-order valence-electron chi connectivity index (χ2n) is 8.40. The fourth-order valence-corrected chi connectivity index (χ4v) is 4.53. The van der Waals surface area contributed by atoms with Crippen LogP contribution in [0.3, 0.4) is 0 Å². The van der Waals surface area contributed by atoms with Crippen molar-refractivity contribution in [3.8, 4) is 11.4 Å². The topological polar surface area (TPSA) is 66.8 Å². The molecule has 6 heteroatoms. The number of likely N-dealkylation sites (tertiary alicyclic amines) is 1. The summed E-state index contributed by atoms with van der Waals surface area (Å²) < 4.78 is 1.85. The summed E-state index contributed by atoms with van der Waals surface area (Å²) in [5.74, 6) is 0.635. The predicted molar refractivity (Wildman–Crippen MR) is 112 cm³/mol. The number of hydrogen-bond acceptors (Lipinski definition) is 4. The number of benzene rings is 1. The molecule has 0 bridgehead atoms. The maximum Gasteiger partial charge on any atom is 0.251 e. The number of nitrogens with one attached hydrogen (secondary N) is 1. The highest BCUT2D eigenvalue weighted by molar-refractivity contribution is 5.55. The van der Waals surface area contributed by atoms with Crippen molar-refractivity contribution < 1.29 is 0 Å². The van der Waals surface area contributed by atoms with Crippen LogP contribution in [0.25, 0.3) is 11.4 Å². The Kier molecular flexibility index (Phi) is 4.79. The van der Waals surface area contributed by atoms with E-state index in [-0.39, 0.29) is 5.56 Å². The fourth-order valence-electron chi connectivity index (χ4n) is 4.53. The minimum atomic E-state index is -0.112. The van der Waals surface area contributed by atoms with Crippen molar-refractivity contribution in [2.45, 2.75) is 57.2 Å². The van der Waals surface area contributed by atoms with Crippen LogP contribution in [0.4, 0.5) is 0 Å². The summed E-state index contributed by atoms with van der Waals surface area (Å²) in [5, 5.41) is 4.21. The van der Waals surface area contributed by atoms with E-state index >= 15 is 0 Å². The van der Waals surface area contributed by atoms with E-state index in [0.29, 0.717) is 24.3 Å². The van der Waals surface area contributed by atoms with Gasteiger partial charge in [0, 0.05) is 49.1 Å². The lowest BCUT2D eigenvalue weighted by molar-refractivity contribution is 0.121. The quantitative estimate of drug-likeness (QED) is 0.702. The number of rotatable bonds is 6. The monoisotopic (exact) mass is 389 g/mol. The zero-order valence-electron chi connectivity index (χ0n) is 16.7. The van der Waals surface area contributed by atoms with E-state index in [1.807, 2.05) is 16.9 Å². The normalized spacial score (nSPS) is 18.2. The van der Waals surface area contributed by atoms with Crippen LogP contribution >= 0.6 is 0 Å². The molecule has 1 aromatic carbocycles. The molecule has 0 atom stereocenters. The molecule has 1 aliphatic carbocycles. The van der Waals surface area contributed by atoms with Crippen molar-refractivity contribution in [2.24, 2.45) is 0 Å². The van der Waals surface area contributed by atoms with Crippen LogP contribution in [-0.2, 0) is 19.5 Å². The maximum absolute atomic E-state index is 12.1. The van der Waals surface area contributed by atoms with E-state index in [1.165, 1.54) is 44.2 Å². The number of H-pyrrole nitrogens is 1. The summed E-state index contributed by atoms with van der Waals surface area (Å²) in [6.07, 6.45) is 11.1. The molecule has 1 spiro atoms. The number of nitrogens with zero attached hydrogens (tertiary/aromatic N) is 4. The van der Waals surface area contributed by atoms with Crippen molar-refractivity contribution in [3.63, 3.8) is 0 Å². The van der Waals surface area contributed by atoms with Gasteiger partial charge in [0.2, 0.25) is 0 Å². The molecule has 2 aromatic heterocycles. The SMILES string of the molecule is O=c1cc(CCn2cccn2)nc(-c2ccc(CN3CCCCC34CC4)cc2)[nH]1. The summed E-state index contributed by atoms with van der Waals surface area (Å²) in [4.78, 5) is 22.4. The van der Waals surface area contributed by atoms with Gasteiger partial charge in [0.25, 0.3) is 5.56 Å². The zero-order valence-corrected chi connectivity index (χ0v) is 16.7. The number of aryl methyl sites for hydroxylation is 2. The standard InChI is InChI=1S/C23H27N5O/c29-21-16-20(8-15-28-14-3-12-24-28)25-22(26-21)19-6-4-18(5-7-19)17-27-13-2-1-9-23(27)10-11-23/h3-7,12,14,16H,1-2,8-11,13,15,17H2,(H,25,26,29). The highest BCUT2D eigenvalue weighted by atomic mass is 16.1. The van der Waals surface area contributed by atoms with Gasteiger partial charge in [0.15, 0.2) is 0 Å². The minimum absolute atomic E-state index is 0.112. The van der Waals surface area contributed by atoms with Crippen LogP contribution in [0.5, 0.6) is 0 Å². The number of aromatic amines is 1. The Morgan fingerprint density at radius 2 is 1.97 bits per heavy atom. The van der Waals surface area contributed by atoms with Gasteiger partial charge in [-0.05, 0) is 43.9 Å². The first-order valence-electron chi connectivity index (χ1n) is 10.6. The molecular formula is C23H27N5O. The van der Waals surface area contributed by atoms with Crippen molar-refractivity contribution in [2.75, 3.05) is 6.54 Å². The molecule has 1 N–H and O–H groups in total. The average Bonchev–Trinajstić information content (AvgIpc) is 3.30. The van der Waals surface area contributed by atoms with Crippen molar-refractivity contribution >= 4 is 0 Å². The van der Waals surface area contributed by atoms with E-state index < -0.39 is 0 Å². The Labute approximate surface area is 170 Å². The predicted octanol–water partition coefficient (Wildman–Crippen LogP) is 3.39. The molecule has 1 saturated heterocycles.